The van der Waals surface area contributed by atoms with E-state index in [1.807, 2.05) is 6.92 Å². The molecular formula is C25H26ClN7S. The van der Waals surface area contributed by atoms with Crippen molar-refractivity contribution in [1.29, 1.82) is 0 Å². The van der Waals surface area contributed by atoms with Crippen molar-refractivity contribution in [3.63, 3.8) is 0 Å². The SMILES string of the molecule is CC#Cc1ccc2c(c1)[C@@H](N)C1(CCN(c3cnc(Sc4ccnc(N)c4Cl)c(N)n3)CC1)C2. The Morgan fingerprint density at radius 1 is 1.15 bits per heavy atom. The summed E-state index contributed by atoms with van der Waals surface area (Å²) in [7, 11) is 0. The number of benzene rings is 1. The second-order valence-corrected chi connectivity index (χ2v) is 10.2. The van der Waals surface area contributed by atoms with Gasteiger partial charge < -0.3 is 22.1 Å². The fourth-order valence-corrected chi connectivity index (χ4v) is 6.01. The Kier molecular flexibility index (Phi) is 6.02. The Balaban J connectivity index is 1.29. The third kappa shape index (κ3) is 4.05. The van der Waals surface area contributed by atoms with Gasteiger partial charge in [-0.2, -0.15) is 0 Å². The molecule has 3 heterocycles. The molecule has 9 heteroatoms. The minimum absolute atomic E-state index is 0.0238. The molecule has 0 bridgehead atoms. The molecule has 1 saturated heterocycles. The van der Waals surface area contributed by atoms with Crippen LogP contribution in [0.5, 0.6) is 0 Å². The molecule has 174 valence electrons. The molecule has 1 aliphatic carbocycles. The van der Waals surface area contributed by atoms with Crippen molar-refractivity contribution in [3.05, 3.63) is 58.4 Å². The van der Waals surface area contributed by atoms with E-state index in [2.05, 4.69) is 49.9 Å². The number of nitrogens with two attached hydrogens (primary N) is 3. The van der Waals surface area contributed by atoms with E-state index >= 15 is 0 Å². The lowest BCUT2D eigenvalue weighted by Gasteiger charge is -2.42. The number of rotatable bonds is 3. The van der Waals surface area contributed by atoms with Crippen LogP contribution < -0.4 is 22.1 Å². The molecule has 0 radical (unpaired) electrons. The Morgan fingerprint density at radius 3 is 2.68 bits per heavy atom. The molecule has 5 rings (SSSR count). The summed E-state index contributed by atoms with van der Waals surface area (Å²) in [5.41, 5.74) is 22.6. The van der Waals surface area contributed by atoms with E-state index in [0.29, 0.717) is 15.9 Å². The molecule has 2 aromatic heterocycles. The Labute approximate surface area is 208 Å². The summed E-state index contributed by atoms with van der Waals surface area (Å²) in [5.74, 6) is 7.55. The second-order valence-electron chi connectivity index (χ2n) is 8.82. The monoisotopic (exact) mass is 491 g/mol. The quantitative estimate of drug-likeness (QED) is 0.469. The van der Waals surface area contributed by atoms with Gasteiger partial charge in [0.05, 0.1) is 11.2 Å². The van der Waals surface area contributed by atoms with Crippen LogP contribution in [0.3, 0.4) is 0 Å². The third-order valence-electron chi connectivity index (χ3n) is 6.87. The average molecular weight is 492 g/mol. The molecule has 6 N–H and O–H groups in total. The lowest BCUT2D eigenvalue weighted by Crippen LogP contribution is -2.44. The summed E-state index contributed by atoms with van der Waals surface area (Å²) >= 11 is 7.58. The Bertz CT molecular complexity index is 1310. The van der Waals surface area contributed by atoms with Gasteiger partial charge in [0, 0.05) is 35.8 Å². The first kappa shape index (κ1) is 22.8. The summed E-state index contributed by atoms with van der Waals surface area (Å²) in [6, 6.07) is 8.27. The summed E-state index contributed by atoms with van der Waals surface area (Å²) in [6.07, 6.45) is 6.36. The van der Waals surface area contributed by atoms with Crippen LogP contribution in [0.2, 0.25) is 5.02 Å². The van der Waals surface area contributed by atoms with Crippen LogP contribution in [-0.4, -0.2) is 28.0 Å². The van der Waals surface area contributed by atoms with Crippen LogP contribution in [0.25, 0.3) is 0 Å². The van der Waals surface area contributed by atoms with Crippen LogP contribution in [-0.2, 0) is 6.42 Å². The fraction of sp³-hybridized carbons (Fsp3) is 0.320. The molecule has 0 saturated carbocycles. The lowest BCUT2D eigenvalue weighted by molar-refractivity contribution is 0.187. The van der Waals surface area contributed by atoms with E-state index in [1.165, 1.54) is 22.9 Å². The van der Waals surface area contributed by atoms with E-state index in [1.54, 1.807) is 18.5 Å². The van der Waals surface area contributed by atoms with Gasteiger partial charge in [0.1, 0.15) is 16.7 Å². The molecule has 1 fully saturated rings. The van der Waals surface area contributed by atoms with E-state index in [0.717, 1.165) is 48.6 Å². The smallest absolute Gasteiger partial charge is 0.158 e. The predicted molar refractivity (Wildman–Crippen MR) is 138 cm³/mol. The summed E-state index contributed by atoms with van der Waals surface area (Å²) in [4.78, 5) is 16.2. The number of fused-ring (bicyclic) bond motifs is 1. The number of anilines is 3. The number of nitrogens with zero attached hydrogens (tertiary/aromatic N) is 4. The van der Waals surface area contributed by atoms with Crippen LogP contribution in [0.15, 0.2) is 46.6 Å². The van der Waals surface area contributed by atoms with E-state index in [-0.39, 0.29) is 17.3 Å². The molecule has 34 heavy (non-hydrogen) atoms. The number of piperidine rings is 1. The van der Waals surface area contributed by atoms with Crippen molar-refractivity contribution < 1.29 is 0 Å². The van der Waals surface area contributed by atoms with Crippen LogP contribution >= 0.6 is 23.4 Å². The second kappa shape index (κ2) is 8.99. The number of pyridine rings is 1. The molecule has 1 aromatic carbocycles. The Hall–Kier alpha value is -2.99. The van der Waals surface area contributed by atoms with E-state index < -0.39 is 0 Å². The van der Waals surface area contributed by atoms with Gasteiger partial charge >= 0.3 is 0 Å². The summed E-state index contributed by atoms with van der Waals surface area (Å²) in [5, 5.41) is 0.978. The zero-order valence-electron chi connectivity index (χ0n) is 18.9. The average Bonchev–Trinajstić information content (AvgIpc) is 3.10. The van der Waals surface area contributed by atoms with E-state index in [4.69, 9.17) is 28.8 Å². The number of hydrogen-bond acceptors (Lipinski definition) is 8. The van der Waals surface area contributed by atoms with Crippen molar-refractivity contribution in [2.24, 2.45) is 11.1 Å². The first-order valence-electron chi connectivity index (χ1n) is 11.2. The van der Waals surface area contributed by atoms with Crippen molar-refractivity contribution in [2.45, 2.75) is 42.1 Å². The van der Waals surface area contributed by atoms with Crippen LogP contribution in [0.1, 0.15) is 42.5 Å². The van der Waals surface area contributed by atoms with Gasteiger partial charge in [-0.15, -0.1) is 5.92 Å². The van der Waals surface area contributed by atoms with Gasteiger partial charge in [-0.25, -0.2) is 15.0 Å². The van der Waals surface area contributed by atoms with Crippen molar-refractivity contribution in [3.8, 4) is 11.8 Å². The largest absolute Gasteiger partial charge is 0.382 e. The van der Waals surface area contributed by atoms with Crippen LogP contribution in [0.4, 0.5) is 17.5 Å². The van der Waals surface area contributed by atoms with Crippen molar-refractivity contribution in [1.82, 2.24) is 15.0 Å². The molecule has 0 unspecified atom stereocenters. The zero-order valence-corrected chi connectivity index (χ0v) is 20.5. The highest BCUT2D eigenvalue weighted by Crippen LogP contribution is 2.51. The van der Waals surface area contributed by atoms with Crippen molar-refractivity contribution >= 4 is 40.8 Å². The molecular weight excluding hydrogens is 466 g/mol. The molecule has 7 nitrogen and oxygen atoms in total. The van der Waals surface area contributed by atoms with Gasteiger partial charge in [-0.3, -0.25) is 0 Å². The van der Waals surface area contributed by atoms with Gasteiger partial charge in [-0.05, 0) is 60.9 Å². The third-order valence-corrected chi connectivity index (χ3v) is 8.45. The number of hydrogen-bond donors (Lipinski definition) is 3. The minimum atomic E-state index is 0.0238. The zero-order chi connectivity index (χ0) is 23.9. The van der Waals surface area contributed by atoms with E-state index in [9.17, 15) is 0 Å². The Morgan fingerprint density at radius 2 is 1.94 bits per heavy atom. The highest BCUT2D eigenvalue weighted by atomic mass is 35.5. The first-order chi connectivity index (χ1) is 16.4. The number of nitrogen functional groups attached to an aromatic ring is 2. The fourth-order valence-electron chi connectivity index (χ4n) is 4.99. The maximum absolute atomic E-state index is 6.80. The van der Waals surface area contributed by atoms with Gasteiger partial charge in [0.25, 0.3) is 0 Å². The predicted octanol–water partition coefficient (Wildman–Crippen LogP) is 4.05. The molecule has 1 spiro atoms. The maximum Gasteiger partial charge on any atom is 0.158 e. The number of aromatic nitrogens is 3. The van der Waals surface area contributed by atoms with Gasteiger partial charge in [-0.1, -0.05) is 35.3 Å². The molecule has 1 aliphatic heterocycles. The molecule has 3 aromatic rings. The highest BCUT2D eigenvalue weighted by Gasteiger charge is 2.46. The number of halogens is 1. The first-order valence-corrected chi connectivity index (χ1v) is 12.4. The molecule has 0 amide bonds. The highest BCUT2D eigenvalue weighted by molar-refractivity contribution is 7.99. The van der Waals surface area contributed by atoms with Crippen molar-refractivity contribution in [2.75, 3.05) is 29.5 Å². The van der Waals surface area contributed by atoms with Gasteiger partial charge in [0.2, 0.25) is 0 Å². The van der Waals surface area contributed by atoms with Crippen LogP contribution in [0, 0.1) is 17.3 Å². The summed E-state index contributed by atoms with van der Waals surface area (Å²) < 4.78 is 0. The maximum atomic E-state index is 6.80. The topological polar surface area (TPSA) is 120 Å². The van der Waals surface area contributed by atoms with Gasteiger partial charge in [0.15, 0.2) is 5.82 Å². The normalized spacial score (nSPS) is 18.4. The summed E-state index contributed by atoms with van der Waals surface area (Å²) in [6.45, 7) is 3.57. The molecule has 1 atom stereocenters. The minimum Gasteiger partial charge on any atom is -0.382 e. The molecule has 2 aliphatic rings. The standard InChI is InChI=1S/C25H26ClN7S/c1-2-3-15-4-5-16-13-25(21(27)17(16)12-15)7-10-33(11-8-25)19-14-31-24(23(29)32-19)34-18-6-9-30-22(28)20(18)26/h4-6,9,12,14,21H,7-8,10-11,13,27H2,1H3,(H2,28,30)(H2,29,32)/t21-/m1/s1. The lowest BCUT2D eigenvalue weighted by atomic mass is 9.73.